The van der Waals surface area contributed by atoms with Gasteiger partial charge in [0.2, 0.25) is 11.9 Å². The summed E-state index contributed by atoms with van der Waals surface area (Å²) in [6, 6.07) is 1.66. The van der Waals surface area contributed by atoms with Crippen molar-refractivity contribution in [2.75, 3.05) is 57.6 Å². The van der Waals surface area contributed by atoms with Gasteiger partial charge in [0.15, 0.2) is 0 Å². The van der Waals surface area contributed by atoms with E-state index in [-0.39, 0.29) is 5.95 Å². The normalized spacial score (nSPS) is 12.0. The monoisotopic (exact) mass is 629 g/mol. The molecule has 0 bridgehead atoms. The van der Waals surface area contributed by atoms with E-state index in [0.717, 1.165) is 76.5 Å². The minimum absolute atomic E-state index is 0.0839. The number of hydrogen-bond acceptors (Lipinski definition) is 11. The molecule has 0 aliphatic heterocycles. The zero-order valence-corrected chi connectivity index (χ0v) is 28.9. The fourth-order valence-electron chi connectivity index (χ4n) is 4.83. The first kappa shape index (κ1) is 38.3. The summed E-state index contributed by atoms with van der Waals surface area (Å²) in [7, 11) is -5.20. The van der Waals surface area contributed by atoms with Crippen molar-refractivity contribution in [3.63, 3.8) is 0 Å². The van der Waals surface area contributed by atoms with Gasteiger partial charge in [-0.3, -0.25) is 0 Å². The first-order valence-electron chi connectivity index (χ1n) is 15.8. The van der Waals surface area contributed by atoms with Crippen LogP contribution in [-0.4, -0.2) is 85.3 Å². The van der Waals surface area contributed by atoms with Crippen molar-refractivity contribution >= 4 is 29.5 Å². The first-order valence-corrected chi connectivity index (χ1v) is 19.7. The lowest BCUT2D eigenvalue weighted by Crippen LogP contribution is -2.45. The molecule has 0 radical (unpaired) electrons. The summed E-state index contributed by atoms with van der Waals surface area (Å²) in [5, 5.41) is 3.56. The van der Waals surface area contributed by atoms with Crippen molar-refractivity contribution in [2.24, 2.45) is 5.11 Å². The van der Waals surface area contributed by atoms with Crippen LogP contribution in [0.4, 0.5) is 11.9 Å². The summed E-state index contributed by atoms with van der Waals surface area (Å²) in [4.78, 5) is 17.7. The van der Waals surface area contributed by atoms with Gasteiger partial charge in [0.05, 0.1) is 0 Å². The highest BCUT2D eigenvalue weighted by Crippen LogP contribution is 2.22. The molecule has 1 rings (SSSR count). The summed E-state index contributed by atoms with van der Waals surface area (Å²) in [5.41, 5.74) is 8.81. The Labute approximate surface area is 255 Å². The highest BCUT2D eigenvalue weighted by molar-refractivity contribution is 6.61. The molecule has 0 spiro atoms. The average Bonchev–Trinajstić information content (AvgIpc) is 2.96. The van der Waals surface area contributed by atoms with E-state index >= 15 is 0 Å². The summed E-state index contributed by atoms with van der Waals surface area (Å²) >= 11 is 0. The molecule has 0 fully saturated rings. The van der Waals surface area contributed by atoms with Crippen molar-refractivity contribution in [1.82, 2.24) is 15.0 Å². The van der Waals surface area contributed by atoms with Gasteiger partial charge in [-0.1, -0.05) is 25.7 Å². The average molecular weight is 630 g/mol. The number of aromatic nitrogens is 3. The molecule has 0 N–H and O–H groups in total. The summed E-state index contributed by atoms with van der Waals surface area (Å²) < 4.78 is 35.9. The topological polar surface area (TPSA) is 146 Å². The second-order valence-corrected chi connectivity index (χ2v) is 15.0. The molecule has 13 nitrogen and oxygen atoms in total. The number of rotatable bonds is 28. The van der Waals surface area contributed by atoms with Gasteiger partial charge in [-0.15, -0.1) is 0 Å². The van der Waals surface area contributed by atoms with Gasteiger partial charge in [0.1, 0.15) is 6.33 Å². The van der Waals surface area contributed by atoms with E-state index in [9.17, 15) is 0 Å². The van der Waals surface area contributed by atoms with E-state index in [0.29, 0.717) is 45.6 Å². The Morgan fingerprint density at radius 2 is 1.05 bits per heavy atom. The lowest BCUT2D eigenvalue weighted by molar-refractivity contribution is 0.0698. The van der Waals surface area contributed by atoms with Crippen molar-refractivity contribution in [1.29, 1.82) is 0 Å². The molecule has 0 aliphatic rings. The molecule has 0 atom stereocenters. The van der Waals surface area contributed by atoms with Crippen LogP contribution in [0.3, 0.4) is 0 Å². The fourth-order valence-corrected chi connectivity index (χ4v) is 10.2. The van der Waals surface area contributed by atoms with Gasteiger partial charge in [0.25, 0.3) is 0 Å². The molecule has 0 unspecified atom stereocenters. The molecule has 0 saturated carbocycles. The van der Waals surface area contributed by atoms with Crippen molar-refractivity contribution < 1.29 is 26.6 Å². The van der Waals surface area contributed by atoms with Gasteiger partial charge in [-0.2, -0.15) is 4.98 Å². The Morgan fingerprint density at radius 1 is 0.643 bits per heavy atom. The van der Waals surface area contributed by atoms with Crippen LogP contribution in [0.5, 0.6) is 0 Å². The first-order chi connectivity index (χ1) is 20.5. The van der Waals surface area contributed by atoms with E-state index in [1.807, 2.05) is 41.5 Å². The number of azide groups is 1. The molecule has 42 heavy (non-hydrogen) atoms. The number of hydrogen-bond donors (Lipinski definition) is 0. The third-order valence-electron chi connectivity index (χ3n) is 6.47. The molecule has 0 saturated heterocycles. The van der Waals surface area contributed by atoms with Crippen LogP contribution < -0.4 is 4.90 Å². The van der Waals surface area contributed by atoms with Crippen LogP contribution in [0.25, 0.3) is 10.4 Å². The van der Waals surface area contributed by atoms with Gasteiger partial charge in [-0.05, 0) is 77.9 Å². The largest absolute Gasteiger partial charge is 0.500 e. The third-order valence-corrected chi connectivity index (χ3v) is 12.8. The highest BCUT2D eigenvalue weighted by Gasteiger charge is 2.40. The second kappa shape index (κ2) is 23.7. The molecular weight excluding hydrogens is 575 g/mol. The third kappa shape index (κ3) is 15.2. The molecule has 1 heterocycles. The fraction of sp³-hybridized carbons (Fsp3) is 0.889. The van der Waals surface area contributed by atoms with Gasteiger partial charge in [-0.25, -0.2) is 9.97 Å². The van der Waals surface area contributed by atoms with Crippen LogP contribution in [0.1, 0.15) is 92.9 Å². The molecule has 15 heteroatoms. The maximum absolute atomic E-state index is 8.81. The highest BCUT2D eigenvalue weighted by atomic mass is 28.4. The Morgan fingerprint density at radius 3 is 1.43 bits per heavy atom. The standard InChI is InChI=1S/C27H55N7O6Si2/c1-7-35-41(36-8-2,37-9-3)23-19-15-13-17-21-34(27-30-25-29-26(31-27)32-33-28)22-18-14-16-20-24-42(38-10-4,39-11-5)40-12-6/h25H,7-24H2,1-6H3. The summed E-state index contributed by atoms with van der Waals surface area (Å²) in [5.74, 6) is 0.624. The predicted molar refractivity (Wildman–Crippen MR) is 169 cm³/mol. The maximum Gasteiger partial charge on any atom is 0.500 e. The van der Waals surface area contributed by atoms with E-state index in [1.54, 1.807) is 0 Å². The SMILES string of the molecule is CCO[Si](CCCCCCN(CCCCCC[Si](OCC)(OCC)OCC)c1ncnc(N=[N+]=[N-])n1)(OCC)OCC. The van der Waals surface area contributed by atoms with Crippen LogP contribution >= 0.6 is 0 Å². The quantitative estimate of drug-likeness (QED) is 0.0317. The smallest absolute Gasteiger partial charge is 0.374 e. The van der Waals surface area contributed by atoms with E-state index in [2.05, 4.69) is 29.9 Å². The Balaban J connectivity index is 2.65. The lowest BCUT2D eigenvalue weighted by Gasteiger charge is -2.28. The molecule has 1 aromatic rings. The maximum atomic E-state index is 8.81. The zero-order valence-electron chi connectivity index (χ0n) is 26.9. The minimum Gasteiger partial charge on any atom is -0.374 e. The number of anilines is 1. The van der Waals surface area contributed by atoms with E-state index in [1.165, 1.54) is 6.33 Å². The van der Waals surface area contributed by atoms with E-state index in [4.69, 9.17) is 32.1 Å². The van der Waals surface area contributed by atoms with Crippen LogP contribution in [0, 0.1) is 0 Å². The molecule has 0 aromatic carbocycles. The van der Waals surface area contributed by atoms with E-state index < -0.39 is 17.6 Å². The van der Waals surface area contributed by atoms with Crippen molar-refractivity contribution in [3.05, 3.63) is 16.8 Å². The Bertz CT molecular complexity index is 798. The Hall–Kier alpha value is -1.69. The molecule has 0 amide bonds. The molecule has 1 aromatic heterocycles. The van der Waals surface area contributed by atoms with Gasteiger partial charge < -0.3 is 31.5 Å². The predicted octanol–water partition coefficient (Wildman–Crippen LogP) is 6.84. The van der Waals surface area contributed by atoms with Gasteiger partial charge in [0, 0.05) is 69.7 Å². The number of nitrogens with zero attached hydrogens (tertiary/aromatic N) is 7. The van der Waals surface area contributed by atoms with Crippen molar-refractivity contribution in [2.45, 2.75) is 105 Å². The second-order valence-electron chi connectivity index (χ2n) is 9.55. The van der Waals surface area contributed by atoms with Crippen LogP contribution in [0.15, 0.2) is 11.4 Å². The minimum atomic E-state index is -2.60. The lowest BCUT2D eigenvalue weighted by atomic mass is 10.1. The number of unbranched alkanes of at least 4 members (excludes halogenated alkanes) is 6. The summed E-state index contributed by atoms with van der Waals surface area (Å²) in [6.45, 7) is 17.1. The molecular formula is C27H55N7O6Si2. The molecule has 0 aliphatic carbocycles. The van der Waals surface area contributed by atoms with Crippen LogP contribution in [0.2, 0.25) is 12.1 Å². The van der Waals surface area contributed by atoms with Gasteiger partial charge >= 0.3 is 17.6 Å². The Kier molecular flexibility index (Phi) is 21.7. The van der Waals surface area contributed by atoms with Crippen molar-refractivity contribution in [3.8, 4) is 0 Å². The zero-order chi connectivity index (χ0) is 30.9. The molecule has 242 valence electrons. The summed E-state index contributed by atoms with van der Waals surface area (Å²) in [6.07, 6.45) is 9.59. The van der Waals surface area contributed by atoms with Crippen LogP contribution in [-0.2, 0) is 26.6 Å².